The van der Waals surface area contributed by atoms with Gasteiger partial charge < -0.3 is 15.5 Å². The Balaban J connectivity index is 1.64. The highest BCUT2D eigenvalue weighted by molar-refractivity contribution is 7.09. The van der Waals surface area contributed by atoms with E-state index in [1.165, 1.54) is 0 Å². The molecular formula is C18H22ClF3N6S. The van der Waals surface area contributed by atoms with E-state index in [2.05, 4.69) is 25.6 Å². The Labute approximate surface area is 176 Å². The maximum absolute atomic E-state index is 12.8. The van der Waals surface area contributed by atoms with E-state index >= 15 is 0 Å². The molecule has 0 bridgehead atoms. The van der Waals surface area contributed by atoms with Crippen molar-refractivity contribution in [3.63, 3.8) is 0 Å². The van der Waals surface area contributed by atoms with E-state index in [4.69, 9.17) is 11.6 Å². The van der Waals surface area contributed by atoms with Crippen molar-refractivity contribution < 1.29 is 13.2 Å². The Morgan fingerprint density at radius 2 is 2.21 bits per heavy atom. The van der Waals surface area contributed by atoms with Crippen LogP contribution in [-0.2, 0) is 12.7 Å². The van der Waals surface area contributed by atoms with Crippen LogP contribution in [0.5, 0.6) is 0 Å². The first-order valence-electron chi connectivity index (χ1n) is 9.19. The molecule has 0 radical (unpaired) electrons. The largest absolute Gasteiger partial charge is 0.417 e. The van der Waals surface area contributed by atoms with E-state index in [0.717, 1.165) is 35.8 Å². The summed E-state index contributed by atoms with van der Waals surface area (Å²) in [6, 6.07) is 1.00. The molecule has 0 saturated carbocycles. The number of nitrogens with one attached hydrogen (secondary N) is 2. The fraction of sp³-hybridized carbons (Fsp3) is 0.500. The molecule has 2 aromatic rings. The molecule has 3 heterocycles. The zero-order valence-electron chi connectivity index (χ0n) is 16.1. The lowest BCUT2D eigenvalue weighted by Gasteiger charge is -2.21. The topological polar surface area (TPSA) is 65.4 Å². The van der Waals surface area contributed by atoms with Crippen molar-refractivity contribution in [1.82, 2.24) is 20.6 Å². The lowest BCUT2D eigenvalue weighted by molar-refractivity contribution is -0.137. The molecule has 1 aliphatic rings. The maximum atomic E-state index is 12.8. The van der Waals surface area contributed by atoms with Crippen LogP contribution in [0.15, 0.2) is 22.8 Å². The van der Waals surface area contributed by atoms with Crippen LogP contribution in [0.25, 0.3) is 0 Å². The average Bonchev–Trinajstić information content (AvgIpc) is 3.28. The predicted octanol–water partition coefficient (Wildman–Crippen LogP) is 3.85. The van der Waals surface area contributed by atoms with Crippen LogP contribution in [0.3, 0.4) is 0 Å². The van der Waals surface area contributed by atoms with E-state index in [1.54, 1.807) is 16.8 Å². The Morgan fingerprint density at radius 1 is 1.41 bits per heavy atom. The summed E-state index contributed by atoms with van der Waals surface area (Å²) in [5, 5.41) is 6.61. The van der Waals surface area contributed by atoms with Crippen LogP contribution in [0.1, 0.15) is 29.5 Å². The minimum absolute atomic E-state index is 0.00159. The first-order valence-corrected chi connectivity index (χ1v) is 10.4. The Kier molecular flexibility index (Phi) is 6.84. The fourth-order valence-electron chi connectivity index (χ4n) is 3.03. The molecule has 11 heteroatoms. The summed E-state index contributed by atoms with van der Waals surface area (Å²) in [4.78, 5) is 15.8. The van der Waals surface area contributed by atoms with Gasteiger partial charge in [-0.25, -0.2) is 15.0 Å². The highest BCUT2D eigenvalue weighted by Crippen LogP contribution is 2.34. The molecule has 2 N–H and O–H groups in total. The van der Waals surface area contributed by atoms with Crippen molar-refractivity contribution in [2.24, 2.45) is 4.99 Å². The third-order valence-corrected chi connectivity index (χ3v) is 5.75. The van der Waals surface area contributed by atoms with Gasteiger partial charge in [-0.2, -0.15) is 13.2 Å². The van der Waals surface area contributed by atoms with Crippen molar-refractivity contribution >= 4 is 34.7 Å². The van der Waals surface area contributed by atoms with Crippen molar-refractivity contribution in [2.75, 3.05) is 24.5 Å². The van der Waals surface area contributed by atoms with Gasteiger partial charge in [-0.1, -0.05) is 11.6 Å². The Bertz CT molecular complexity index is 870. The van der Waals surface area contributed by atoms with Gasteiger partial charge in [0, 0.05) is 36.8 Å². The summed E-state index contributed by atoms with van der Waals surface area (Å²) in [7, 11) is 0. The normalized spacial score (nSPS) is 17.7. The number of nitrogens with zero attached hydrogens (tertiary/aromatic N) is 4. The molecule has 1 fully saturated rings. The second-order valence-corrected chi connectivity index (χ2v) is 8.01. The summed E-state index contributed by atoms with van der Waals surface area (Å²) in [5.74, 6) is 1.06. The second kappa shape index (κ2) is 9.17. The van der Waals surface area contributed by atoms with Crippen molar-refractivity contribution in [3.05, 3.63) is 38.9 Å². The van der Waals surface area contributed by atoms with E-state index in [0.29, 0.717) is 31.4 Å². The lowest BCUT2D eigenvalue weighted by Crippen LogP contribution is -2.44. The van der Waals surface area contributed by atoms with Gasteiger partial charge in [0.15, 0.2) is 5.96 Å². The first kappa shape index (κ1) is 21.6. The molecule has 1 saturated heterocycles. The number of rotatable bonds is 5. The lowest BCUT2D eigenvalue weighted by atomic mass is 10.2. The monoisotopic (exact) mass is 446 g/mol. The summed E-state index contributed by atoms with van der Waals surface area (Å²) in [5.41, 5.74) is 1.93. The van der Waals surface area contributed by atoms with Gasteiger partial charge in [0.1, 0.15) is 5.82 Å². The standard InChI is InChI=1S/C18H22ClF3N6S/c1-3-23-17(25-8-15-11(2)26-10-29-15)27-13-4-5-28(9-13)16-14(19)6-12(7-24-16)18(20,21)22/h6-7,10,13H,3-5,8-9H2,1-2H3,(H2,23,25,27). The first-order chi connectivity index (χ1) is 13.8. The molecular weight excluding hydrogens is 425 g/mol. The highest BCUT2D eigenvalue weighted by atomic mass is 35.5. The molecule has 0 aromatic carbocycles. The third kappa shape index (κ3) is 5.51. The number of thiazole rings is 1. The molecule has 0 spiro atoms. The quantitative estimate of drug-likeness (QED) is 0.539. The zero-order valence-corrected chi connectivity index (χ0v) is 17.6. The molecule has 6 nitrogen and oxygen atoms in total. The number of hydrogen-bond acceptors (Lipinski definition) is 5. The number of guanidine groups is 1. The Morgan fingerprint density at radius 3 is 2.83 bits per heavy atom. The highest BCUT2D eigenvalue weighted by Gasteiger charge is 2.33. The zero-order chi connectivity index (χ0) is 21.0. The second-order valence-electron chi connectivity index (χ2n) is 6.66. The van der Waals surface area contributed by atoms with Gasteiger partial charge in [-0.15, -0.1) is 11.3 Å². The van der Waals surface area contributed by atoms with Crippen LogP contribution in [-0.4, -0.2) is 41.6 Å². The van der Waals surface area contributed by atoms with Crippen LogP contribution in [0, 0.1) is 6.92 Å². The minimum Gasteiger partial charge on any atom is -0.357 e. The van der Waals surface area contributed by atoms with Crippen LogP contribution in [0.2, 0.25) is 5.02 Å². The fourth-order valence-corrected chi connectivity index (χ4v) is 4.02. The maximum Gasteiger partial charge on any atom is 0.417 e. The predicted molar refractivity (Wildman–Crippen MR) is 110 cm³/mol. The van der Waals surface area contributed by atoms with Gasteiger partial charge in [0.2, 0.25) is 0 Å². The summed E-state index contributed by atoms with van der Waals surface area (Å²) < 4.78 is 38.4. The van der Waals surface area contributed by atoms with Gasteiger partial charge in [0.25, 0.3) is 0 Å². The Hall–Kier alpha value is -2.07. The van der Waals surface area contributed by atoms with E-state index in [9.17, 15) is 13.2 Å². The summed E-state index contributed by atoms with van der Waals surface area (Å²) >= 11 is 7.64. The van der Waals surface area contributed by atoms with Gasteiger partial charge in [0.05, 0.1) is 28.3 Å². The van der Waals surface area contributed by atoms with Gasteiger partial charge in [-0.05, 0) is 26.3 Å². The molecule has 1 atom stereocenters. The molecule has 0 aliphatic carbocycles. The molecule has 29 heavy (non-hydrogen) atoms. The number of hydrogen-bond donors (Lipinski definition) is 2. The van der Waals surface area contributed by atoms with Gasteiger partial charge >= 0.3 is 6.18 Å². The minimum atomic E-state index is -4.46. The van der Waals surface area contributed by atoms with E-state index in [1.807, 2.05) is 18.7 Å². The molecule has 3 rings (SSSR count). The van der Waals surface area contributed by atoms with E-state index in [-0.39, 0.29) is 11.1 Å². The molecule has 158 valence electrons. The van der Waals surface area contributed by atoms with Crippen LogP contribution >= 0.6 is 22.9 Å². The number of pyridine rings is 1. The number of aromatic nitrogens is 2. The summed E-state index contributed by atoms with van der Waals surface area (Å²) in [6.45, 7) is 6.41. The number of alkyl halides is 3. The molecule has 0 amide bonds. The number of halogens is 4. The van der Waals surface area contributed by atoms with E-state index < -0.39 is 11.7 Å². The van der Waals surface area contributed by atoms with Crippen LogP contribution < -0.4 is 15.5 Å². The van der Waals surface area contributed by atoms with Crippen molar-refractivity contribution in [2.45, 2.75) is 39.0 Å². The summed E-state index contributed by atoms with van der Waals surface area (Å²) in [6.07, 6.45) is -2.84. The van der Waals surface area contributed by atoms with Crippen LogP contribution in [0.4, 0.5) is 19.0 Å². The smallest absolute Gasteiger partial charge is 0.357 e. The SMILES string of the molecule is CCNC(=NCc1scnc1C)NC1CCN(c2ncc(C(F)(F)F)cc2Cl)C1. The molecule has 1 unspecified atom stereocenters. The van der Waals surface area contributed by atoms with Crippen molar-refractivity contribution in [3.8, 4) is 0 Å². The number of aryl methyl sites for hydroxylation is 1. The third-order valence-electron chi connectivity index (χ3n) is 4.55. The van der Waals surface area contributed by atoms with Gasteiger partial charge in [-0.3, -0.25) is 0 Å². The molecule has 1 aliphatic heterocycles. The molecule has 2 aromatic heterocycles. The number of anilines is 1. The average molecular weight is 447 g/mol. The number of aliphatic imine (C=N–C) groups is 1. The van der Waals surface area contributed by atoms with Crippen molar-refractivity contribution in [1.29, 1.82) is 0 Å².